The van der Waals surface area contributed by atoms with Gasteiger partial charge in [0.25, 0.3) is 11.8 Å². The average Bonchev–Trinajstić information content (AvgIpc) is 3.01. The van der Waals surface area contributed by atoms with Crippen LogP contribution in [0.4, 0.5) is 0 Å². The molecule has 0 bridgehead atoms. The number of aryl methyl sites for hydroxylation is 1. The van der Waals surface area contributed by atoms with Crippen molar-refractivity contribution in [2.75, 3.05) is 13.1 Å². The fourth-order valence-electron chi connectivity index (χ4n) is 2.76. The lowest BCUT2D eigenvalue weighted by molar-refractivity contribution is 0.0697. The summed E-state index contributed by atoms with van der Waals surface area (Å²) < 4.78 is 4.91. The lowest BCUT2D eigenvalue weighted by atomic mass is 10.0. The average molecular weight is 348 g/mol. The maximum Gasteiger partial charge on any atom is 0.273 e. The first kappa shape index (κ1) is 16.5. The number of hydrogen-bond acceptors (Lipinski definition) is 4. The van der Waals surface area contributed by atoms with E-state index in [1.807, 2.05) is 0 Å². The van der Waals surface area contributed by atoms with Crippen LogP contribution in [0.3, 0.4) is 0 Å². The van der Waals surface area contributed by atoms with Crippen molar-refractivity contribution in [2.24, 2.45) is 0 Å². The van der Waals surface area contributed by atoms with Crippen LogP contribution in [0.2, 0.25) is 5.02 Å². The number of aromatic nitrogens is 1. The zero-order chi connectivity index (χ0) is 17.1. The van der Waals surface area contributed by atoms with E-state index in [2.05, 4.69) is 10.5 Å². The van der Waals surface area contributed by atoms with Gasteiger partial charge in [-0.25, -0.2) is 0 Å². The number of nitrogens with one attached hydrogen (secondary N) is 1. The molecule has 126 valence electrons. The molecule has 1 aromatic carbocycles. The van der Waals surface area contributed by atoms with Gasteiger partial charge in [-0.15, -0.1) is 0 Å². The largest absolute Gasteiger partial charge is 0.361 e. The summed E-state index contributed by atoms with van der Waals surface area (Å²) in [7, 11) is 0. The van der Waals surface area contributed by atoms with E-state index in [0.29, 0.717) is 42.3 Å². The molecule has 1 aromatic heterocycles. The minimum absolute atomic E-state index is 0.0258. The molecule has 0 aliphatic carbocycles. The molecule has 24 heavy (non-hydrogen) atoms. The van der Waals surface area contributed by atoms with Crippen LogP contribution in [0.25, 0.3) is 0 Å². The van der Waals surface area contributed by atoms with Crippen LogP contribution in [-0.2, 0) is 0 Å². The van der Waals surface area contributed by atoms with Crippen molar-refractivity contribution in [3.63, 3.8) is 0 Å². The summed E-state index contributed by atoms with van der Waals surface area (Å²) in [6.07, 6.45) is 1.41. The molecule has 1 N–H and O–H groups in total. The van der Waals surface area contributed by atoms with Crippen molar-refractivity contribution in [2.45, 2.75) is 25.8 Å². The highest BCUT2D eigenvalue weighted by Gasteiger charge is 2.25. The van der Waals surface area contributed by atoms with Crippen LogP contribution >= 0.6 is 11.6 Å². The van der Waals surface area contributed by atoms with E-state index in [1.54, 1.807) is 42.2 Å². The van der Waals surface area contributed by atoms with E-state index in [-0.39, 0.29) is 23.6 Å². The van der Waals surface area contributed by atoms with E-state index in [9.17, 15) is 9.59 Å². The second kappa shape index (κ2) is 7.05. The molecule has 1 aliphatic rings. The fraction of sp³-hybridized carbons (Fsp3) is 0.353. The normalized spacial score (nSPS) is 15.3. The van der Waals surface area contributed by atoms with Gasteiger partial charge in [-0.1, -0.05) is 22.8 Å². The van der Waals surface area contributed by atoms with E-state index in [0.717, 1.165) is 0 Å². The van der Waals surface area contributed by atoms with Gasteiger partial charge in [0.1, 0.15) is 5.76 Å². The zero-order valence-corrected chi connectivity index (χ0v) is 14.0. The lowest BCUT2D eigenvalue weighted by Crippen LogP contribution is -2.46. The smallest absolute Gasteiger partial charge is 0.273 e. The quantitative estimate of drug-likeness (QED) is 0.926. The van der Waals surface area contributed by atoms with Gasteiger partial charge in [-0.3, -0.25) is 9.59 Å². The molecule has 0 radical (unpaired) electrons. The topological polar surface area (TPSA) is 75.4 Å². The van der Waals surface area contributed by atoms with Crippen LogP contribution in [-0.4, -0.2) is 41.0 Å². The van der Waals surface area contributed by atoms with Crippen molar-refractivity contribution in [3.8, 4) is 0 Å². The van der Waals surface area contributed by atoms with Gasteiger partial charge in [0, 0.05) is 35.8 Å². The van der Waals surface area contributed by atoms with Crippen molar-refractivity contribution >= 4 is 23.4 Å². The Kier molecular flexibility index (Phi) is 4.85. The number of hydrogen-bond donors (Lipinski definition) is 1. The first-order valence-corrected chi connectivity index (χ1v) is 8.20. The molecular formula is C17H18ClN3O3. The molecule has 2 heterocycles. The summed E-state index contributed by atoms with van der Waals surface area (Å²) in [6, 6.07) is 8.57. The van der Waals surface area contributed by atoms with Crippen molar-refractivity contribution in [1.82, 2.24) is 15.4 Å². The predicted octanol–water partition coefficient (Wildman–Crippen LogP) is 2.67. The van der Waals surface area contributed by atoms with Crippen LogP contribution in [0.1, 0.15) is 39.4 Å². The second-order valence-electron chi connectivity index (χ2n) is 5.87. The highest BCUT2D eigenvalue weighted by Crippen LogP contribution is 2.17. The number of rotatable bonds is 3. The number of carbonyl (C=O) groups excluding carboxylic acids is 2. The Labute approximate surface area is 144 Å². The minimum Gasteiger partial charge on any atom is -0.361 e. The van der Waals surface area contributed by atoms with Crippen LogP contribution in [0.15, 0.2) is 34.9 Å². The number of piperidine rings is 1. The monoisotopic (exact) mass is 347 g/mol. The lowest BCUT2D eigenvalue weighted by Gasteiger charge is -2.32. The standard InChI is InChI=1S/C17H18ClN3O3/c1-11-9-15(20-24-11)16(22)19-14-5-7-21(8-6-14)17(23)12-3-2-4-13(18)10-12/h2-4,9-10,14H,5-8H2,1H3,(H,19,22). The Morgan fingerprint density at radius 1 is 1.29 bits per heavy atom. The summed E-state index contributed by atoms with van der Waals surface area (Å²) >= 11 is 5.94. The molecule has 2 amide bonds. The van der Waals surface area contributed by atoms with Gasteiger partial charge >= 0.3 is 0 Å². The maximum atomic E-state index is 12.5. The van der Waals surface area contributed by atoms with Gasteiger partial charge in [-0.05, 0) is 38.0 Å². The van der Waals surface area contributed by atoms with Crippen LogP contribution < -0.4 is 5.32 Å². The van der Waals surface area contributed by atoms with Crippen molar-refractivity contribution < 1.29 is 14.1 Å². The Hall–Kier alpha value is -2.34. The second-order valence-corrected chi connectivity index (χ2v) is 6.31. The SMILES string of the molecule is Cc1cc(C(=O)NC2CCN(C(=O)c3cccc(Cl)c3)CC2)no1. The van der Waals surface area contributed by atoms with E-state index in [4.69, 9.17) is 16.1 Å². The molecule has 0 saturated carbocycles. The molecule has 1 saturated heterocycles. The highest BCUT2D eigenvalue weighted by atomic mass is 35.5. The first-order valence-electron chi connectivity index (χ1n) is 7.82. The zero-order valence-electron chi connectivity index (χ0n) is 13.3. The molecule has 7 heteroatoms. The Morgan fingerprint density at radius 3 is 2.67 bits per heavy atom. The number of likely N-dealkylation sites (tertiary alicyclic amines) is 1. The minimum atomic E-state index is -0.244. The number of halogens is 1. The third kappa shape index (κ3) is 3.76. The highest BCUT2D eigenvalue weighted by molar-refractivity contribution is 6.30. The van der Waals surface area contributed by atoms with Crippen molar-refractivity contribution in [3.05, 3.63) is 52.4 Å². The van der Waals surface area contributed by atoms with E-state index < -0.39 is 0 Å². The van der Waals surface area contributed by atoms with Gasteiger partial charge in [-0.2, -0.15) is 0 Å². The summed E-state index contributed by atoms with van der Waals surface area (Å²) in [5.74, 6) is 0.322. The molecule has 1 aliphatic heterocycles. The molecule has 1 fully saturated rings. The van der Waals surface area contributed by atoms with Gasteiger partial charge in [0.05, 0.1) is 0 Å². The summed E-state index contributed by atoms with van der Waals surface area (Å²) in [4.78, 5) is 26.3. The van der Waals surface area contributed by atoms with Crippen molar-refractivity contribution in [1.29, 1.82) is 0 Å². The molecule has 0 atom stereocenters. The molecule has 0 unspecified atom stereocenters. The van der Waals surface area contributed by atoms with Gasteiger partial charge < -0.3 is 14.7 Å². The first-order chi connectivity index (χ1) is 11.5. The molecular weight excluding hydrogens is 330 g/mol. The number of carbonyl (C=O) groups is 2. The summed E-state index contributed by atoms with van der Waals surface area (Å²) in [5, 5.41) is 7.19. The number of nitrogens with zero attached hydrogens (tertiary/aromatic N) is 2. The summed E-state index contributed by atoms with van der Waals surface area (Å²) in [5.41, 5.74) is 0.869. The van der Waals surface area contributed by atoms with Crippen LogP contribution in [0, 0.1) is 6.92 Å². The predicted molar refractivity (Wildman–Crippen MR) is 89.1 cm³/mol. The van der Waals surface area contributed by atoms with Gasteiger partial charge in [0.15, 0.2) is 5.69 Å². The van der Waals surface area contributed by atoms with E-state index >= 15 is 0 Å². The molecule has 0 spiro atoms. The van der Waals surface area contributed by atoms with Gasteiger partial charge in [0.2, 0.25) is 0 Å². The Bertz CT molecular complexity index is 751. The third-order valence-corrected chi connectivity index (χ3v) is 4.28. The maximum absolute atomic E-state index is 12.5. The molecule has 3 rings (SSSR count). The fourth-order valence-corrected chi connectivity index (χ4v) is 2.95. The van der Waals surface area contributed by atoms with Crippen LogP contribution in [0.5, 0.6) is 0 Å². The Morgan fingerprint density at radius 2 is 2.04 bits per heavy atom. The third-order valence-electron chi connectivity index (χ3n) is 4.05. The summed E-state index contributed by atoms with van der Waals surface area (Å²) in [6.45, 7) is 2.92. The number of amides is 2. The van der Waals surface area contributed by atoms with E-state index in [1.165, 1.54) is 0 Å². The number of benzene rings is 1. The molecule has 6 nitrogen and oxygen atoms in total. The molecule has 2 aromatic rings. The Balaban J connectivity index is 1.54.